The van der Waals surface area contributed by atoms with Gasteiger partial charge >= 0.3 is 0 Å². The van der Waals surface area contributed by atoms with E-state index in [-0.39, 0.29) is 17.9 Å². The number of amides is 1. The van der Waals surface area contributed by atoms with Crippen LogP contribution < -0.4 is 15.2 Å². The van der Waals surface area contributed by atoms with Crippen LogP contribution in [0.25, 0.3) is 0 Å². The zero-order chi connectivity index (χ0) is 12.4. The van der Waals surface area contributed by atoms with Gasteiger partial charge in [0, 0.05) is 6.07 Å². The first-order chi connectivity index (χ1) is 8.06. The second kappa shape index (κ2) is 4.61. The van der Waals surface area contributed by atoms with E-state index in [9.17, 15) is 4.79 Å². The van der Waals surface area contributed by atoms with Crippen LogP contribution in [0, 0.1) is 0 Å². The highest BCUT2D eigenvalue weighted by Crippen LogP contribution is 2.30. The van der Waals surface area contributed by atoms with Gasteiger partial charge in [0.2, 0.25) is 0 Å². The van der Waals surface area contributed by atoms with Crippen molar-refractivity contribution in [3.63, 3.8) is 0 Å². The lowest BCUT2D eigenvalue weighted by Crippen LogP contribution is -2.16. The third-order valence-corrected chi connectivity index (χ3v) is 2.25. The second-order valence-corrected chi connectivity index (χ2v) is 4.37. The standard InChI is InChI=1S/C12H16N2O3/c1-7(2)16-9-5-10(17-8-3-4-8)11(12(13)15)14-6-9/h5-8H,3-4H2,1-2H3,(H2,13,15). The first kappa shape index (κ1) is 11.7. The molecule has 2 rings (SSSR count). The van der Waals surface area contributed by atoms with E-state index in [1.54, 1.807) is 6.07 Å². The largest absolute Gasteiger partial charge is 0.489 e. The van der Waals surface area contributed by atoms with E-state index in [1.807, 2.05) is 13.8 Å². The predicted molar refractivity (Wildman–Crippen MR) is 62.2 cm³/mol. The van der Waals surface area contributed by atoms with Crippen molar-refractivity contribution in [3.05, 3.63) is 18.0 Å². The Balaban J connectivity index is 2.24. The van der Waals surface area contributed by atoms with E-state index in [1.165, 1.54) is 6.20 Å². The summed E-state index contributed by atoms with van der Waals surface area (Å²) in [7, 11) is 0. The van der Waals surface area contributed by atoms with Crippen molar-refractivity contribution in [3.8, 4) is 11.5 Å². The smallest absolute Gasteiger partial charge is 0.271 e. The average molecular weight is 236 g/mol. The Hall–Kier alpha value is -1.78. The molecule has 0 aromatic carbocycles. The summed E-state index contributed by atoms with van der Waals surface area (Å²) in [6, 6.07) is 1.67. The van der Waals surface area contributed by atoms with Gasteiger partial charge in [-0.15, -0.1) is 0 Å². The number of pyridine rings is 1. The molecule has 1 aliphatic carbocycles. The fraction of sp³-hybridized carbons (Fsp3) is 0.500. The normalized spacial score (nSPS) is 14.8. The molecule has 1 saturated carbocycles. The summed E-state index contributed by atoms with van der Waals surface area (Å²) in [5.74, 6) is 0.413. The SMILES string of the molecule is CC(C)Oc1cnc(C(N)=O)c(OC2CC2)c1. The van der Waals surface area contributed by atoms with E-state index in [2.05, 4.69) is 4.98 Å². The summed E-state index contributed by atoms with van der Waals surface area (Å²) in [5, 5.41) is 0. The summed E-state index contributed by atoms with van der Waals surface area (Å²) in [5.41, 5.74) is 5.40. The molecule has 2 N–H and O–H groups in total. The predicted octanol–water partition coefficient (Wildman–Crippen LogP) is 1.51. The summed E-state index contributed by atoms with van der Waals surface area (Å²) in [6.07, 6.45) is 3.73. The second-order valence-electron chi connectivity index (χ2n) is 4.37. The van der Waals surface area contributed by atoms with E-state index >= 15 is 0 Å². The lowest BCUT2D eigenvalue weighted by Gasteiger charge is -2.12. The number of ether oxygens (including phenoxy) is 2. The van der Waals surface area contributed by atoms with Crippen molar-refractivity contribution in [1.82, 2.24) is 4.98 Å². The van der Waals surface area contributed by atoms with Gasteiger partial charge in [-0.05, 0) is 26.7 Å². The van der Waals surface area contributed by atoms with Gasteiger partial charge in [0.1, 0.15) is 5.75 Å². The van der Waals surface area contributed by atoms with E-state index in [4.69, 9.17) is 15.2 Å². The molecule has 1 heterocycles. The number of carbonyl (C=O) groups excluding carboxylic acids is 1. The quantitative estimate of drug-likeness (QED) is 0.840. The van der Waals surface area contributed by atoms with Gasteiger partial charge in [0.15, 0.2) is 11.4 Å². The van der Waals surface area contributed by atoms with Crippen molar-refractivity contribution in [2.24, 2.45) is 5.73 Å². The molecule has 0 atom stereocenters. The van der Waals surface area contributed by atoms with Crippen LogP contribution >= 0.6 is 0 Å². The molecule has 0 radical (unpaired) electrons. The van der Waals surface area contributed by atoms with Crippen molar-refractivity contribution < 1.29 is 14.3 Å². The van der Waals surface area contributed by atoms with Gasteiger partial charge in [-0.25, -0.2) is 4.98 Å². The Morgan fingerprint density at radius 3 is 2.76 bits per heavy atom. The van der Waals surface area contributed by atoms with Crippen LogP contribution in [-0.2, 0) is 0 Å². The van der Waals surface area contributed by atoms with Crippen molar-refractivity contribution in [2.45, 2.75) is 38.9 Å². The molecule has 0 unspecified atom stereocenters. The molecule has 92 valence electrons. The molecule has 1 aliphatic rings. The molecule has 5 nitrogen and oxygen atoms in total. The summed E-state index contributed by atoms with van der Waals surface area (Å²) >= 11 is 0. The molecule has 1 aromatic heterocycles. The number of carbonyl (C=O) groups is 1. The highest BCUT2D eigenvalue weighted by molar-refractivity contribution is 5.93. The topological polar surface area (TPSA) is 74.4 Å². The van der Waals surface area contributed by atoms with Crippen LogP contribution in [0.1, 0.15) is 37.2 Å². The first-order valence-electron chi connectivity index (χ1n) is 5.69. The highest BCUT2D eigenvalue weighted by Gasteiger charge is 2.26. The zero-order valence-corrected chi connectivity index (χ0v) is 9.97. The molecule has 1 aromatic rings. The first-order valence-corrected chi connectivity index (χ1v) is 5.69. The lowest BCUT2D eigenvalue weighted by molar-refractivity contribution is 0.0990. The van der Waals surface area contributed by atoms with E-state index in [0.29, 0.717) is 11.5 Å². The molecule has 0 saturated heterocycles. The molecule has 0 aliphatic heterocycles. The van der Waals surface area contributed by atoms with Gasteiger partial charge < -0.3 is 15.2 Å². The Kier molecular flexibility index (Phi) is 3.17. The molecule has 17 heavy (non-hydrogen) atoms. The molecule has 1 fully saturated rings. The number of primary amides is 1. The zero-order valence-electron chi connectivity index (χ0n) is 9.97. The molecule has 5 heteroatoms. The maximum absolute atomic E-state index is 11.2. The fourth-order valence-electron chi connectivity index (χ4n) is 1.40. The number of rotatable bonds is 5. The van der Waals surface area contributed by atoms with Crippen LogP contribution in [0.2, 0.25) is 0 Å². The highest BCUT2D eigenvalue weighted by atomic mass is 16.5. The van der Waals surface area contributed by atoms with Gasteiger partial charge in [-0.2, -0.15) is 0 Å². The van der Waals surface area contributed by atoms with Crippen molar-refractivity contribution >= 4 is 5.91 Å². The summed E-state index contributed by atoms with van der Waals surface area (Å²) in [6.45, 7) is 3.84. The lowest BCUT2D eigenvalue weighted by atomic mass is 10.3. The average Bonchev–Trinajstić information content (AvgIpc) is 3.00. The third kappa shape index (κ3) is 3.09. The minimum absolute atomic E-state index is 0.0463. The maximum Gasteiger partial charge on any atom is 0.271 e. The number of nitrogens with two attached hydrogens (primary N) is 1. The van der Waals surface area contributed by atoms with E-state index < -0.39 is 5.91 Å². The van der Waals surface area contributed by atoms with Gasteiger partial charge in [-0.1, -0.05) is 0 Å². The molecular formula is C12H16N2O3. The van der Waals surface area contributed by atoms with Crippen LogP contribution in [0.5, 0.6) is 11.5 Å². The minimum atomic E-state index is -0.586. The number of nitrogens with zero attached hydrogens (tertiary/aromatic N) is 1. The summed E-state index contributed by atoms with van der Waals surface area (Å²) < 4.78 is 11.1. The summed E-state index contributed by atoms with van der Waals surface area (Å²) in [4.78, 5) is 15.2. The van der Waals surface area contributed by atoms with Crippen LogP contribution in [0.3, 0.4) is 0 Å². The molecular weight excluding hydrogens is 220 g/mol. The van der Waals surface area contributed by atoms with E-state index in [0.717, 1.165) is 12.8 Å². The van der Waals surface area contributed by atoms with Crippen molar-refractivity contribution in [1.29, 1.82) is 0 Å². The Labute approximate surface area is 99.9 Å². The van der Waals surface area contributed by atoms with Crippen LogP contribution in [0.4, 0.5) is 0 Å². The van der Waals surface area contributed by atoms with Crippen molar-refractivity contribution in [2.75, 3.05) is 0 Å². The van der Waals surface area contributed by atoms with Crippen LogP contribution in [0.15, 0.2) is 12.3 Å². The Bertz CT molecular complexity index is 428. The number of hydrogen-bond acceptors (Lipinski definition) is 4. The Morgan fingerprint density at radius 2 is 2.24 bits per heavy atom. The molecule has 0 spiro atoms. The van der Waals surface area contributed by atoms with Gasteiger partial charge in [0.05, 0.1) is 18.4 Å². The number of hydrogen-bond donors (Lipinski definition) is 1. The van der Waals surface area contributed by atoms with Gasteiger partial charge in [0.25, 0.3) is 5.91 Å². The number of aromatic nitrogens is 1. The van der Waals surface area contributed by atoms with Gasteiger partial charge in [-0.3, -0.25) is 4.79 Å². The maximum atomic E-state index is 11.2. The monoisotopic (exact) mass is 236 g/mol. The minimum Gasteiger partial charge on any atom is -0.489 e. The molecule has 0 bridgehead atoms. The van der Waals surface area contributed by atoms with Crippen LogP contribution in [-0.4, -0.2) is 23.1 Å². The fourth-order valence-corrected chi connectivity index (χ4v) is 1.40. The Morgan fingerprint density at radius 1 is 1.53 bits per heavy atom. The third-order valence-electron chi connectivity index (χ3n) is 2.25. The molecule has 1 amide bonds.